The summed E-state index contributed by atoms with van der Waals surface area (Å²) in [5.41, 5.74) is 2.10. The predicted molar refractivity (Wildman–Crippen MR) is 85.7 cm³/mol. The van der Waals surface area contributed by atoms with Crippen molar-refractivity contribution in [2.75, 3.05) is 0 Å². The summed E-state index contributed by atoms with van der Waals surface area (Å²) in [6, 6.07) is 20.4. The number of fused-ring (bicyclic) bond motifs is 1. The molecule has 112 valence electrons. The molecule has 5 nitrogen and oxygen atoms in total. The minimum absolute atomic E-state index is 0.0238. The van der Waals surface area contributed by atoms with Gasteiger partial charge in [0.25, 0.3) is 0 Å². The standard InChI is InChI=1S/C18H12N2O3/c21-18(22)14-11-15(20(19-14)13-7-2-1-3-8-13)17-10-12-6-4-5-9-16(12)23-17/h1-11H,(H,21,22). The number of benzene rings is 2. The third kappa shape index (κ3) is 2.28. The van der Waals surface area contributed by atoms with Crippen LogP contribution in [0.1, 0.15) is 10.5 Å². The molecule has 2 aromatic carbocycles. The SMILES string of the molecule is O=C(O)c1cc(-c2cc3ccccc3o2)n(-c2ccccc2)n1. The van der Waals surface area contributed by atoms with Gasteiger partial charge in [-0.2, -0.15) is 5.10 Å². The lowest BCUT2D eigenvalue weighted by atomic mass is 10.2. The van der Waals surface area contributed by atoms with Gasteiger partial charge >= 0.3 is 5.97 Å². The van der Waals surface area contributed by atoms with Crippen molar-refractivity contribution in [3.8, 4) is 17.1 Å². The van der Waals surface area contributed by atoms with E-state index in [4.69, 9.17) is 4.42 Å². The first-order valence-electron chi connectivity index (χ1n) is 7.10. The molecule has 2 aromatic heterocycles. The van der Waals surface area contributed by atoms with Crippen molar-refractivity contribution in [1.29, 1.82) is 0 Å². The molecule has 2 heterocycles. The number of carboxylic acids is 1. The van der Waals surface area contributed by atoms with Gasteiger partial charge in [0.15, 0.2) is 11.5 Å². The highest BCUT2D eigenvalue weighted by Crippen LogP contribution is 2.30. The Morgan fingerprint density at radius 3 is 2.48 bits per heavy atom. The first-order valence-corrected chi connectivity index (χ1v) is 7.10. The Kier molecular flexibility index (Phi) is 2.98. The van der Waals surface area contributed by atoms with Crippen LogP contribution in [0, 0.1) is 0 Å². The van der Waals surface area contributed by atoms with E-state index in [1.165, 1.54) is 6.07 Å². The summed E-state index contributed by atoms with van der Waals surface area (Å²) in [6.45, 7) is 0. The van der Waals surface area contributed by atoms with E-state index in [0.717, 1.165) is 16.7 Å². The molecule has 0 unspecified atom stereocenters. The zero-order chi connectivity index (χ0) is 15.8. The quantitative estimate of drug-likeness (QED) is 0.621. The van der Waals surface area contributed by atoms with Crippen LogP contribution in [0.3, 0.4) is 0 Å². The molecule has 0 aliphatic carbocycles. The van der Waals surface area contributed by atoms with Crippen molar-refractivity contribution in [3.63, 3.8) is 0 Å². The fourth-order valence-electron chi connectivity index (χ4n) is 2.54. The van der Waals surface area contributed by atoms with Crippen LogP contribution < -0.4 is 0 Å². The number of aromatic nitrogens is 2. The van der Waals surface area contributed by atoms with Crippen LogP contribution in [-0.2, 0) is 0 Å². The van der Waals surface area contributed by atoms with Crippen molar-refractivity contribution in [3.05, 3.63) is 72.4 Å². The smallest absolute Gasteiger partial charge is 0.356 e. The van der Waals surface area contributed by atoms with Crippen molar-refractivity contribution < 1.29 is 14.3 Å². The lowest BCUT2D eigenvalue weighted by Gasteiger charge is -2.04. The van der Waals surface area contributed by atoms with Gasteiger partial charge in [-0.1, -0.05) is 36.4 Å². The van der Waals surface area contributed by atoms with E-state index in [1.807, 2.05) is 60.7 Å². The maximum atomic E-state index is 11.3. The highest BCUT2D eigenvalue weighted by atomic mass is 16.4. The first-order chi connectivity index (χ1) is 11.2. The van der Waals surface area contributed by atoms with Crippen LogP contribution in [0.5, 0.6) is 0 Å². The highest BCUT2D eigenvalue weighted by Gasteiger charge is 2.18. The minimum Gasteiger partial charge on any atom is -0.476 e. The lowest BCUT2D eigenvalue weighted by Crippen LogP contribution is -2.01. The summed E-state index contributed by atoms with van der Waals surface area (Å²) < 4.78 is 7.44. The van der Waals surface area contributed by atoms with E-state index in [2.05, 4.69) is 5.10 Å². The van der Waals surface area contributed by atoms with Gasteiger partial charge in [-0.3, -0.25) is 0 Å². The van der Waals surface area contributed by atoms with E-state index in [9.17, 15) is 9.90 Å². The molecule has 0 radical (unpaired) electrons. The maximum absolute atomic E-state index is 11.3. The van der Waals surface area contributed by atoms with Gasteiger partial charge < -0.3 is 9.52 Å². The molecule has 23 heavy (non-hydrogen) atoms. The third-order valence-corrected chi connectivity index (χ3v) is 3.61. The molecule has 0 aliphatic rings. The largest absolute Gasteiger partial charge is 0.476 e. The number of rotatable bonds is 3. The minimum atomic E-state index is -1.07. The summed E-state index contributed by atoms with van der Waals surface area (Å²) in [5.74, 6) is -0.493. The number of nitrogens with zero attached hydrogens (tertiary/aromatic N) is 2. The molecule has 0 fully saturated rings. The Hall–Kier alpha value is -3.34. The molecule has 4 aromatic rings. The van der Waals surface area contributed by atoms with Crippen molar-refractivity contribution in [1.82, 2.24) is 9.78 Å². The van der Waals surface area contributed by atoms with E-state index < -0.39 is 5.97 Å². The van der Waals surface area contributed by atoms with Gasteiger partial charge in [0.05, 0.1) is 5.69 Å². The van der Waals surface area contributed by atoms with Crippen molar-refractivity contribution >= 4 is 16.9 Å². The average Bonchev–Trinajstić information content (AvgIpc) is 3.19. The second-order valence-corrected chi connectivity index (χ2v) is 5.12. The second-order valence-electron chi connectivity index (χ2n) is 5.12. The summed E-state index contributed by atoms with van der Waals surface area (Å²) in [6.07, 6.45) is 0. The van der Waals surface area contributed by atoms with Crippen LogP contribution in [0.15, 0.2) is 71.1 Å². The molecule has 0 atom stereocenters. The predicted octanol–water partition coefficient (Wildman–Crippen LogP) is 3.98. The number of aromatic carboxylic acids is 1. The van der Waals surface area contributed by atoms with Crippen molar-refractivity contribution in [2.24, 2.45) is 0 Å². The lowest BCUT2D eigenvalue weighted by molar-refractivity contribution is 0.0690. The Bertz CT molecular complexity index is 966. The molecule has 1 N–H and O–H groups in total. The summed E-state index contributed by atoms with van der Waals surface area (Å²) in [7, 11) is 0. The van der Waals surface area contributed by atoms with Gasteiger partial charge in [0, 0.05) is 11.5 Å². The van der Waals surface area contributed by atoms with E-state index in [0.29, 0.717) is 11.5 Å². The summed E-state index contributed by atoms with van der Waals surface area (Å²) >= 11 is 0. The molecule has 0 saturated carbocycles. The number of para-hydroxylation sites is 2. The van der Waals surface area contributed by atoms with Gasteiger partial charge in [-0.15, -0.1) is 0 Å². The van der Waals surface area contributed by atoms with Gasteiger partial charge in [-0.05, 0) is 24.3 Å². The van der Waals surface area contributed by atoms with E-state index >= 15 is 0 Å². The molecular formula is C18H12N2O3. The Labute approximate surface area is 131 Å². The molecule has 0 bridgehead atoms. The van der Waals surface area contributed by atoms with Gasteiger partial charge in [-0.25, -0.2) is 9.48 Å². The van der Waals surface area contributed by atoms with E-state index in [1.54, 1.807) is 4.68 Å². The monoisotopic (exact) mass is 304 g/mol. The first kappa shape index (κ1) is 13.3. The normalized spacial score (nSPS) is 11.0. The van der Waals surface area contributed by atoms with Crippen LogP contribution in [0.4, 0.5) is 0 Å². The number of carbonyl (C=O) groups is 1. The summed E-state index contributed by atoms with van der Waals surface area (Å²) in [5, 5.41) is 14.4. The second kappa shape index (κ2) is 5.14. The Balaban J connectivity index is 1.94. The average molecular weight is 304 g/mol. The molecule has 0 spiro atoms. The topological polar surface area (TPSA) is 68.3 Å². The third-order valence-electron chi connectivity index (χ3n) is 3.61. The molecule has 0 aliphatic heterocycles. The summed E-state index contributed by atoms with van der Waals surface area (Å²) in [4.78, 5) is 11.3. The Morgan fingerprint density at radius 2 is 1.74 bits per heavy atom. The zero-order valence-electron chi connectivity index (χ0n) is 12.0. The Morgan fingerprint density at radius 1 is 1.00 bits per heavy atom. The highest BCUT2D eigenvalue weighted by molar-refractivity contribution is 5.88. The zero-order valence-corrected chi connectivity index (χ0v) is 12.0. The molecule has 0 saturated heterocycles. The van der Waals surface area contributed by atoms with Crippen molar-refractivity contribution in [2.45, 2.75) is 0 Å². The molecule has 4 rings (SSSR count). The number of hydrogen-bond acceptors (Lipinski definition) is 3. The van der Waals surface area contributed by atoms with Gasteiger partial charge in [0.1, 0.15) is 11.3 Å². The number of furan rings is 1. The number of hydrogen-bond donors (Lipinski definition) is 1. The fraction of sp³-hybridized carbons (Fsp3) is 0. The van der Waals surface area contributed by atoms with Crippen LogP contribution >= 0.6 is 0 Å². The van der Waals surface area contributed by atoms with Crippen LogP contribution in [0.25, 0.3) is 28.1 Å². The van der Waals surface area contributed by atoms with E-state index in [-0.39, 0.29) is 5.69 Å². The molecule has 0 amide bonds. The number of carboxylic acid groups (broad SMARTS) is 1. The molecular weight excluding hydrogens is 292 g/mol. The fourth-order valence-corrected chi connectivity index (χ4v) is 2.54. The maximum Gasteiger partial charge on any atom is 0.356 e. The van der Waals surface area contributed by atoms with Crippen LogP contribution in [-0.4, -0.2) is 20.9 Å². The van der Waals surface area contributed by atoms with Crippen LogP contribution in [0.2, 0.25) is 0 Å². The van der Waals surface area contributed by atoms with Gasteiger partial charge in [0.2, 0.25) is 0 Å². The molecule has 5 heteroatoms.